The highest BCUT2D eigenvalue weighted by Gasteiger charge is 2.51. The Morgan fingerprint density at radius 2 is 1.55 bits per heavy atom. The Balaban J connectivity index is 1.72. The van der Waals surface area contributed by atoms with Crippen molar-refractivity contribution in [3.05, 3.63) is 72.8 Å². The van der Waals surface area contributed by atoms with Gasteiger partial charge >= 0.3 is 0 Å². The summed E-state index contributed by atoms with van der Waals surface area (Å²) in [5.74, 6) is 0.242. The lowest BCUT2D eigenvalue weighted by atomic mass is 10.1. The van der Waals surface area contributed by atoms with Crippen LogP contribution in [0.1, 0.15) is 40.0 Å². The third-order valence-corrected chi connectivity index (χ3v) is 11.4. The van der Waals surface area contributed by atoms with Gasteiger partial charge in [-0.2, -0.15) is 0 Å². The molecule has 1 saturated heterocycles. The van der Waals surface area contributed by atoms with Crippen LogP contribution in [0.5, 0.6) is 0 Å². The second kappa shape index (κ2) is 7.92. The van der Waals surface area contributed by atoms with E-state index in [1.54, 1.807) is 0 Å². The average molecular weight is 406 g/mol. The summed E-state index contributed by atoms with van der Waals surface area (Å²) in [7, 11) is -2.55. The van der Waals surface area contributed by atoms with E-state index in [1.165, 1.54) is 10.4 Å². The molecule has 0 spiro atoms. The van der Waals surface area contributed by atoms with Gasteiger partial charge in [0, 0.05) is 6.42 Å². The Labute approximate surface area is 175 Å². The van der Waals surface area contributed by atoms with Gasteiger partial charge in [0.1, 0.15) is 0 Å². The molecule has 2 aromatic carbocycles. The molecule has 1 fully saturated rings. The van der Waals surface area contributed by atoms with Crippen molar-refractivity contribution in [1.29, 1.82) is 0 Å². The second-order valence-corrected chi connectivity index (χ2v) is 13.5. The first-order chi connectivity index (χ1) is 13.9. The minimum atomic E-state index is -2.55. The summed E-state index contributed by atoms with van der Waals surface area (Å²) in [6, 6.07) is 21.9. The zero-order valence-electron chi connectivity index (χ0n) is 17.7. The summed E-state index contributed by atoms with van der Waals surface area (Å²) < 4.78 is 7.07. The number of fused-ring (bicyclic) bond motifs is 1. The highest BCUT2D eigenvalue weighted by atomic mass is 28.4. The molecule has 29 heavy (non-hydrogen) atoms. The van der Waals surface area contributed by atoms with Crippen LogP contribution in [0.3, 0.4) is 0 Å². The lowest BCUT2D eigenvalue weighted by Gasteiger charge is -2.44. The van der Waals surface area contributed by atoms with E-state index in [0.717, 1.165) is 12.8 Å². The van der Waals surface area contributed by atoms with Gasteiger partial charge in [0.15, 0.2) is 0 Å². The summed E-state index contributed by atoms with van der Waals surface area (Å²) >= 11 is 0. The van der Waals surface area contributed by atoms with Crippen molar-refractivity contribution < 1.29 is 9.22 Å². The fourth-order valence-corrected chi connectivity index (χ4v) is 9.67. The molecule has 2 aliphatic heterocycles. The number of carbonyl (C=O) groups excluding carboxylic acids is 1. The fourth-order valence-electron chi connectivity index (χ4n) is 5.07. The SMILES string of the molecule is CC(C)(C)[Si](OC[C@@H]1CC[C@H]2C=CCC(=O)N12)(c1ccccc1)c1ccccc1. The van der Waals surface area contributed by atoms with E-state index in [4.69, 9.17) is 4.43 Å². The minimum Gasteiger partial charge on any atom is -0.405 e. The zero-order chi connectivity index (χ0) is 20.5. The summed E-state index contributed by atoms with van der Waals surface area (Å²) in [5.41, 5.74) is 0. The van der Waals surface area contributed by atoms with Gasteiger partial charge in [-0.3, -0.25) is 4.79 Å². The molecule has 0 unspecified atom stereocenters. The maximum absolute atomic E-state index is 12.6. The van der Waals surface area contributed by atoms with Crippen LogP contribution in [0.2, 0.25) is 5.04 Å². The van der Waals surface area contributed by atoms with E-state index in [1.807, 2.05) is 6.08 Å². The average Bonchev–Trinajstić information content (AvgIpc) is 3.14. The molecule has 0 aliphatic carbocycles. The standard InChI is InChI=1S/C25H31NO2Si/c1-25(2,3)29(22-12-6-4-7-13-22,23-14-8-5-9-15-23)28-19-21-18-17-20-11-10-16-24(27)26(20)21/h4-15,20-21H,16-19H2,1-3H3/t20-,21+/m1/s1. The topological polar surface area (TPSA) is 29.5 Å². The Kier molecular flexibility index (Phi) is 5.49. The maximum atomic E-state index is 12.6. The van der Waals surface area contributed by atoms with Crippen LogP contribution in [0.15, 0.2) is 72.8 Å². The molecule has 0 N–H and O–H groups in total. The van der Waals surface area contributed by atoms with Crippen molar-refractivity contribution in [2.24, 2.45) is 0 Å². The Hall–Kier alpha value is -2.17. The molecule has 152 valence electrons. The smallest absolute Gasteiger partial charge is 0.261 e. The number of nitrogens with zero attached hydrogens (tertiary/aromatic N) is 1. The third-order valence-electron chi connectivity index (χ3n) is 6.39. The molecule has 0 aromatic heterocycles. The molecule has 4 heteroatoms. The van der Waals surface area contributed by atoms with E-state index in [-0.39, 0.29) is 23.0 Å². The Morgan fingerprint density at radius 1 is 0.966 bits per heavy atom. The number of amides is 1. The molecule has 0 saturated carbocycles. The lowest BCUT2D eigenvalue weighted by molar-refractivity contribution is -0.133. The van der Waals surface area contributed by atoms with Crippen molar-refractivity contribution in [2.45, 2.75) is 57.2 Å². The van der Waals surface area contributed by atoms with E-state index < -0.39 is 8.32 Å². The fraction of sp³-hybridized carbons (Fsp3) is 0.400. The molecule has 1 amide bonds. The first-order valence-electron chi connectivity index (χ1n) is 10.7. The monoisotopic (exact) mass is 405 g/mol. The van der Waals surface area contributed by atoms with Crippen LogP contribution < -0.4 is 10.4 Å². The van der Waals surface area contributed by atoms with Crippen LogP contribution in [0.4, 0.5) is 0 Å². The Morgan fingerprint density at radius 3 is 2.10 bits per heavy atom. The van der Waals surface area contributed by atoms with Gasteiger partial charge in [-0.25, -0.2) is 0 Å². The van der Waals surface area contributed by atoms with E-state index in [0.29, 0.717) is 13.0 Å². The summed E-state index contributed by atoms with van der Waals surface area (Å²) in [6.07, 6.45) is 6.79. The van der Waals surface area contributed by atoms with Gasteiger partial charge in [-0.1, -0.05) is 93.6 Å². The molecule has 2 atom stereocenters. The van der Waals surface area contributed by atoms with Gasteiger partial charge in [0.05, 0.1) is 18.7 Å². The molecule has 0 bridgehead atoms. The van der Waals surface area contributed by atoms with Gasteiger partial charge < -0.3 is 9.33 Å². The zero-order valence-corrected chi connectivity index (χ0v) is 18.7. The largest absolute Gasteiger partial charge is 0.405 e. The van der Waals surface area contributed by atoms with Gasteiger partial charge in [0.2, 0.25) is 5.91 Å². The molecule has 3 nitrogen and oxygen atoms in total. The van der Waals surface area contributed by atoms with Crippen LogP contribution in [0.25, 0.3) is 0 Å². The van der Waals surface area contributed by atoms with Crippen molar-refractivity contribution in [2.75, 3.05) is 6.61 Å². The number of carbonyl (C=O) groups is 1. The van der Waals surface area contributed by atoms with Crippen LogP contribution in [-0.4, -0.2) is 37.8 Å². The van der Waals surface area contributed by atoms with Gasteiger partial charge in [-0.05, 0) is 28.3 Å². The maximum Gasteiger partial charge on any atom is 0.261 e. The van der Waals surface area contributed by atoms with E-state index in [9.17, 15) is 4.79 Å². The molecule has 2 heterocycles. The van der Waals surface area contributed by atoms with E-state index >= 15 is 0 Å². The Bertz CT molecular complexity index is 833. The van der Waals surface area contributed by atoms with Crippen molar-refractivity contribution >= 4 is 24.6 Å². The van der Waals surface area contributed by atoms with E-state index in [2.05, 4.69) is 92.4 Å². The molecular weight excluding hydrogens is 374 g/mol. The number of hydrogen-bond donors (Lipinski definition) is 0. The van der Waals surface area contributed by atoms with Crippen molar-refractivity contribution in [3.8, 4) is 0 Å². The van der Waals surface area contributed by atoms with Crippen LogP contribution >= 0.6 is 0 Å². The summed E-state index contributed by atoms with van der Waals surface area (Å²) in [4.78, 5) is 14.7. The highest BCUT2D eigenvalue weighted by Crippen LogP contribution is 2.38. The number of benzene rings is 2. The lowest BCUT2D eigenvalue weighted by Crippen LogP contribution is -2.67. The van der Waals surface area contributed by atoms with Crippen molar-refractivity contribution in [1.82, 2.24) is 4.90 Å². The van der Waals surface area contributed by atoms with Gasteiger partial charge in [0.25, 0.3) is 8.32 Å². The normalized spacial score (nSPS) is 22.0. The number of rotatable bonds is 5. The molecule has 0 radical (unpaired) electrons. The molecule has 2 aliphatic rings. The summed E-state index contributed by atoms with van der Waals surface area (Å²) in [6.45, 7) is 7.49. The molecule has 4 rings (SSSR count). The highest BCUT2D eigenvalue weighted by molar-refractivity contribution is 6.99. The summed E-state index contributed by atoms with van der Waals surface area (Å²) in [5, 5.41) is 2.54. The van der Waals surface area contributed by atoms with Crippen LogP contribution in [-0.2, 0) is 9.22 Å². The predicted molar refractivity (Wildman–Crippen MR) is 121 cm³/mol. The van der Waals surface area contributed by atoms with Gasteiger partial charge in [-0.15, -0.1) is 0 Å². The first-order valence-corrected chi connectivity index (χ1v) is 12.6. The third kappa shape index (κ3) is 3.60. The quantitative estimate of drug-likeness (QED) is 0.558. The first kappa shape index (κ1) is 20.1. The number of hydrogen-bond acceptors (Lipinski definition) is 2. The predicted octanol–water partition coefficient (Wildman–Crippen LogP) is 3.88. The second-order valence-electron chi connectivity index (χ2n) is 9.21. The van der Waals surface area contributed by atoms with Crippen molar-refractivity contribution in [3.63, 3.8) is 0 Å². The minimum absolute atomic E-state index is 0.0421. The van der Waals surface area contributed by atoms with Crippen LogP contribution in [0, 0.1) is 0 Å². The molecular formula is C25H31NO2Si. The molecule has 2 aromatic rings.